The van der Waals surface area contributed by atoms with Crippen LogP contribution < -0.4 is 4.74 Å². The number of aryl methyl sites for hydroxylation is 2. The van der Waals surface area contributed by atoms with Gasteiger partial charge in [0.25, 0.3) is 0 Å². The molecule has 0 radical (unpaired) electrons. The van der Waals surface area contributed by atoms with Crippen molar-refractivity contribution in [3.8, 4) is 5.75 Å². The SMILES string of the molecule is Cc1ccc(OC(=O)C[C@H]2CCS(=O)(=O)C2)cc1C. The maximum Gasteiger partial charge on any atom is 0.311 e. The van der Waals surface area contributed by atoms with Crippen LogP contribution in [0.25, 0.3) is 0 Å². The lowest BCUT2D eigenvalue weighted by molar-refractivity contribution is -0.135. The molecule has 1 aliphatic heterocycles. The molecule has 1 heterocycles. The first-order valence-corrected chi connectivity index (χ1v) is 8.16. The van der Waals surface area contributed by atoms with E-state index >= 15 is 0 Å². The minimum Gasteiger partial charge on any atom is -0.427 e. The first kappa shape index (κ1) is 14.1. The van der Waals surface area contributed by atoms with Crippen LogP contribution in [0.15, 0.2) is 18.2 Å². The molecule has 0 aromatic heterocycles. The molecule has 0 saturated carbocycles. The van der Waals surface area contributed by atoms with Crippen LogP contribution in [0, 0.1) is 19.8 Å². The molecule has 4 nitrogen and oxygen atoms in total. The highest BCUT2D eigenvalue weighted by Crippen LogP contribution is 2.23. The molecule has 5 heteroatoms. The largest absolute Gasteiger partial charge is 0.427 e. The lowest BCUT2D eigenvalue weighted by Gasteiger charge is -2.09. The second-order valence-electron chi connectivity index (χ2n) is 5.19. The van der Waals surface area contributed by atoms with Crippen molar-refractivity contribution in [1.29, 1.82) is 0 Å². The summed E-state index contributed by atoms with van der Waals surface area (Å²) in [5.74, 6) is 0.368. The number of hydrogen-bond donors (Lipinski definition) is 0. The zero-order valence-electron chi connectivity index (χ0n) is 11.2. The zero-order chi connectivity index (χ0) is 14.0. The van der Waals surface area contributed by atoms with Gasteiger partial charge in [0.05, 0.1) is 11.5 Å². The summed E-state index contributed by atoms with van der Waals surface area (Å²) in [6.45, 7) is 3.94. The number of sulfone groups is 1. The van der Waals surface area contributed by atoms with Gasteiger partial charge in [-0.05, 0) is 49.4 Å². The number of ether oxygens (including phenoxy) is 1. The number of carbonyl (C=O) groups is 1. The van der Waals surface area contributed by atoms with Gasteiger partial charge in [-0.15, -0.1) is 0 Å². The minimum atomic E-state index is -2.93. The molecule has 0 aliphatic carbocycles. The normalized spacial score (nSPS) is 21.3. The Balaban J connectivity index is 1.93. The van der Waals surface area contributed by atoms with Crippen LogP contribution >= 0.6 is 0 Å². The van der Waals surface area contributed by atoms with Crippen molar-refractivity contribution in [2.45, 2.75) is 26.7 Å². The number of hydrogen-bond acceptors (Lipinski definition) is 4. The van der Waals surface area contributed by atoms with Crippen LogP contribution in [0.4, 0.5) is 0 Å². The van der Waals surface area contributed by atoms with E-state index in [0.717, 1.165) is 11.1 Å². The van der Waals surface area contributed by atoms with Crippen LogP contribution in [0.2, 0.25) is 0 Å². The highest BCUT2D eigenvalue weighted by Gasteiger charge is 2.29. The fourth-order valence-electron chi connectivity index (χ4n) is 2.22. The summed E-state index contributed by atoms with van der Waals surface area (Å²) in [6.07, 6.45) is 0.733. The van der Waals surface area contributed by atoms with Crippen molar-refractivity contribution in [3.63, 3.8) is 0 Å². The molecular formula is C14H18O4S. The lowest BCUT2D eigenvalue weighted by atomic mass is 10.1. The van der Waals surface area contributed by atoms with Gasteiger partial charge in [-0.3, -0.25) is 4.79 Å². The Morgan fingerprint density at radius 2 is 2.05 bits per heavy atom. The van der Waals surface area contributed by atoms with Gasteiger partial charge < -0.3 is 4.74 Å². The topological polar surface area (TPSA) is 60.4 Å². The summed E-state index contributed by atoms with van der Waals surface area (Å²) >= 11 is 0. The van der Waals surface area contributed by atoms with Gasteiger partial charge in [0, 0.05) is 6.42 Å². The summed E-state index contributed by atoms with van der Waals surface area (Å²) in [4.78, 5) is 11.8. The summed E-state index contributed by atoms with van der Waals surface area (Å²) in [5.41, 5.74) is 2.20. The lowest BCUT2D eigenvalue weighted by Crippen LogP contribution is -2.15. The average Bonchev–Trinajstić information content (AvgIpc) is 2.63. The highest BCUT2D eigenvalue weighted by atomic mass is 32.2. The van der Waals surface area contributed by atoms with Gasteiger partial charge in [-0.1, -0.05) is 6.07 Å². The summed E-state index contributed by atoms with van der Waals surface area (Å²) < 4.78 is 27.9. The Labute approximate surface area is 113 Å². The molecule has 0 unspecified atom stereocenters. The first-order valence-electron chi connectivity index (χ1n) is 6.34. The van der Waals surface area contributed by atoms with Crippen molar-refractivity contribution >= 4 is 15.8 Å². The molecule has 1 aromatic rings. The molecular weight excluding hydrogens is 264 g/mol. The number of carbonyl (C=O) groups excluding carboxylic acids is 1. The maximum atomic E-state index is 11.8. The second kappa shape index (κ2) is 5.33. The second-order valence-corrected chi connectivity index (χ2v) is 7.42. The van der Waals surface area contributed by atoms with Crippen LogP contribution in [0.1, 0.15) is 24.0 Å². The van der Waals surface area contributed by atoms with Gasteiger partial charge in [0.1, 0.15) is 5.75 Å². The van der Waals surface area contributed by atoms with Gasteiger partial charge in [0.15, 0.2) is 9.84 Å². The van der Waals surface area contributed by atoms with Crippen molar-refractivity contribution < 1.29 is 17.9 Å². The average molecular weight is 282 g/mol. The number of benzene rings is 1. The third kappa shape index (κ3) is 3.80. The number of rotatable bonds is 3. The Bertz CT molecular complexity index is 589. The molecule has 1 aromatic carbocycles. The fourth-order valence-corrected chi connectivity index (χ4v) is 4.08. The minimum absolute atomic E-state index is 0.0935. The van der Waals surface area contributed by atoms with E-state index in [9.17, 15) is 13.2 Å². The molecule has 0 N–H and O–H groups in total. The Hall–Kier alpha value is -1.36. The highest BCUT2D eigenvalue weighted by molar-refractivity contribution is 7.91. The predicted octanol–water partition coefficient (Wildman–Crippen LogP) is 2.03. The first-order chi connectivity index (χ1) is 8.85. The number of esters is 1. The van der Waals surface area contributed by atoms with E-state index in [1.165, 1.54) is 0 Å². The fraction of sp³-hybridized carbons (Fsp3) is 0.500. The summed E-state index contributed by atoms with van der Waals surface area (Å²) in [6, 6.07) is 5.47. The van der Waals surface area contributed by atoms with E-state index in [-0.39, 0.29) is 29.8 Å². The Kier molecular flexibility index (Phi) is 3.94. The van der Waals surface area contributed by atoms with E-state index in [2.05, 4.69) is 0 Å². The van der Waals surface area contributed by atoms with Crippen molar-refractivity contribution in [1.82, 2.24) is 0 Å². The molecule has 0 amide bonds. The standard InChI is InChI=1S/C14H18O4S/c1-10-3-4-13(7-11(10)2)18-14(15)8-12-5-6-19(16,17)9-12/h3-4,7,12H,5-6,8-9H2,1-2H3/t12-/m1/s1. The molecule has 1 atom stereocenters. The Morgan fingerprint density at radius 3 is 2.63 bits per heavy atom. The molecule has 0 spiro atoms. The van der Waals surface area contributed by atoms with Crippen molar-refractivity contribution in [3.05, 3.63) is 29.3 Å². The van der Waals surface area contributed by atoms with Crippen LogP contribution in [0.3, 0.4) is 0 Å². The van der Waals surface area contributed by atoms with Crippen molar-refractivity contribution in [2.24, 2.45) is 5.92 Å². The van der Waals surface area contributed by atoms with Crippen LogP contribution in [0.5, 0.6) is 5.75 Å². The van der Waals surface area contributed by atoms with Gasteiger partial charge in [-0.2, -0.15) is 0 Å². The van der Waals surface area contributed by atoms with E-state index in [1.54, 1.807) is 6.07 Å². The predicted molar refractivity (Wildman–Crippen MR) is 72.9 cm³/mol. The van der Waals surface area contributed by atoms with Crippen LogP contribution in [-0.4, -0.2) is 25.9 Å². The van der Waals surface area contributed by atoms with Crippen molar-refractivity contribution in [2.75, 3.05) is 11.5 Å². The van der Waals surface area contributed by atoms with E-state index in [1.807, 2.05) is 26.0 Å². The summed E-state index contributed by atoms with van der Waals surface area (Å²) in [7, 11) is -2.93. The molecule has 19 heavy (non-hydrogen) atoms. The van der Waals surface area contributed by atoms with Gasteiger partial charge in [0.2, 0.25) is 0 Å². The van der Waals surface area contributed by atoms with Gasteiger partial charge >= 0.3 is 5.97 Å². The maximum absolute atomic E-state index is 11.8. The third-order valence-electron chi connectivity index (χ3n) is 3.49. The third-order valence-corrected chi connectivity index (χ3v) is 5.33. The monoisotopic (exact) mass is 282 g/mol. The van der Waals surface area contributed by atoms with E-state index in [0.29, 0.717) is 12.2 Å². The van der Waals surface area contributed by atoms with E-state index in [4.69, 9.17) is 4.74 Å². The summed E-state index contributed by atoms with van der Waals surface area (Å²) in [5, 5.41) is 0. The zero-order valence-corrected chi connectivity index (χ0v) is 12.0. The van der Waals surface area contributed by atoms with E-state index < -0.39 is 9.84 Å². The molecule has 1 saturated heterocycles. The molecule has 2 rings (SSSR count). The Morgan fingerprint density at radius 1 is 1.32 bits per heavy atom. The molecule has 1 fully saturated rings. The molecule has 0 bridgehead atoms. The van der Waals surface area contributed by atoms with Crippen LogP contribution in [-0.2, 0) is 14.6 Å². The molecule has 1 aliphatic rings. The smallest absolute Gasteiger partial charge is 0.311 e. The quantitative estimate of drug-likeness (QED) is 0.628. The molecule has 104 valence electrons. The van der Waals surface area contributed by atoms with Gasteiger partial charge in [-0.25, -0.2) is 8.42 Å².